The zero-order valence-electron chi connectivity index (χ0n) is 12.4. The molecule has 0 bridgehead atoms. The van der Waals surface area contributed by atoms with Crippen molar-refractivity contribution in [1.82, 2.24) is 14.8 Å². The van der Waals surface area contributed by atoms with Crippen LogP contribution in [0.5, 0.6) is 0 Å². The maximum atomic E-state index is 12.3. The van der Waals surface area contributed by atoms with Crippen molar-refractivity contribution in [2.45, 2.75) is 25.5 Å². The molecule has 0 fully saturated rings. The highest BCUT2D eigenvalue weighted by Gasteiger charge is 2.22. The zero-order chi connectivity index (χ0) is 16.1. The largest absolute Gasteiger partial charge is 0.501 e. The van der Waals surface area contributed by atoms with Gasteiger partial charge in [0, 0.05) is 5.02 Å². The molecule has 0 spiro atoms. The summed E-state index contributed by atoms with van der Waals surface area (Å²) in [7, 11) is 0. The van der Waals surface area contributed by atoms with Gasteiger partial charge in [0.05, 0.1) is 25.0 Å². The molecule has 1 aliphatic heterocycles. The van der Waals surface area contributed by atoms with Gasteiger partial charge in [-0.05, 0) is 30.5 Å². The van der Waals surface area contributed by atoms with E-state index in [9.17, 15) is 4.79 Å². The molecule has 3 rings (SSSR count). The van der Waals surface area contributed by atoms with Crippen LogP contribution in [0.15, 0.2) is 48.8 Å². The lowest BCUT2D eigenvalue weighted by Gasteiger charge is -2.20. The molecule has 23 heavy (non-hydrogen) atoms. The molecular weight excluding hydrogens is 318 g/mol. The number of benzene rings is 1. The minimum atomic E-state index is -0.482. The number of aromatic nitrogens is 3. The molecule has 0 saturated carbocycles. The second kappa shape index (κ2) is 7.28. The average Bonchev–Trinajstić information content (AvgIpc) is 3.09. The number of halogens is 1. The number of ether oxygens (including phenoxy) is 2. The maximum absolute atomic E-state index is 12.3. The Morgan fingerprint density at radius 2 is 2.22 bits per heavy atom. The molecule has 1 aromatic carbocycles. The number of hydrogen-bond donors (Lipinski definition) is 0. The first-order valence-electron chi connectivity index (χ1n) is 7.32. The summed E-state index contributed by atoms with van der Waals surface area (Å²) < 4.78 is 12.5. The summed E-state index contributed by atoms with van der Waals surface area (Å²) in [6.45, 7) is 1.01. The molecule has 120 valence electrons. The number of hydrogen-bond acceptors (Lipinski definition) is 5. The van der Waals surface area contributed by atoms with Gasteiger partial charge in [0.15, 0.2) is 0 Å². The first-order chi connectivity index (χ1) is 11.2. The van der Waals surface area contributed by atoms with Gasteiger partial charge in [0.25, 0.3) is 0 Å². The van der Waals surface area contributed by atoms with Gasteiger partial charge in [-0.25, -0.2) is 14.5 Å². The molecule has 1 atom stereocenters. The van der Waals surface area contributed by atoms with Crippen molar-refractivity contribution in [2.24, 2.45) is 0 Å². The lowest BCUT2D eigenvalue weighted by Crippen LogP contribution is -2.20. The van der Waals surface area contributed by atoms with E-state index in [1.165, 1.54) is 12.6 Å². The second-order valence-corrected chi connectivity index (χ2v) is 5.62. The number of rotatable bonds is 5. The average molecular weight is 334 g/mol. The lowest BCUT2D eigenvalue weighted by atomic mass is 10.1. The Morgan fingerprint density at radius 3 is 2.87 bits per heavy atom. The van der Waals surface area contributed by atoms with Crippen molar-refractivity contribution in [3.05, 3.63) is 59.3 Å². The summed E-state index contributed by atoms with van der Waals surface area (Å²) in [5, 5.41) is 4.70. The Bertz CT molecular complexity index is 683. The zero-order valence-corrected chi connectivity index (χ0v) is 13.1. The first-order valence-corrected chi connectivity index (χ1v) is 7.69. The molecule has 0 aliphatic carbocycles. The summed E-state index contributed by atoms with van der Waals surface area (Å²) in [5.74, 6) is -0.371. The predicted octanol–water partition coefficient (Wildman–Crippen LogP) is 2.91. The van der Waals surface area contributed by atoms with E-state index < -0.39 is 6.10 Å². The van der Waals surface area contributed by atoms with E-state index in [0.717, 1.165) is 12.0 Å². The summed E-state index contributed by atoms with van der Waals surface area (Å²) in [6, 6.07) is 7.20. The van der Waals surface area contributed by atoms with Crippen LogP contribution < -0.4 is 0 Å². The minimum absolute atomic E-state index is 0.371. The minimum Gasteiger partial charge on any atom is -0.501 e. The van der Waals surface area contributed by atoms with Gasteiger partial charge in [0.2, 0.25) is 0 Å². The highest BCUT2D eigenvalue weighted by molar-refractivity contribution is 6.30. The Hall–Kier alpha value is -2.34. The number of carbonyl (C=O) groups is 1. The Morgan fingerprint density at radius 1 is 1.39 bits per heavy atom. The Kier molecular flexibility index (Phi) is 4.92. The predicted molar refractivity (Wildman–Crippen MR) is 83.6 cm³/mol. The van der Waals surface area contributed by atoms with Gasteiger partial charge in [-0.1, -0.05) is 23.7 Å². The molecular formula is C16H16ClN3O3. The highest BCUT2D eigenvalue weighted by atomic mass is 35.5. The van der Waals surface area contributed by atoms with E-state index in [-0.39, 0.29) is 5.97 Å². The van der Waals surface area contributed by atoms with Crippen LogP contribution in [0.3, 0.4) is 0 Å². The number of esters is 1. The smallest absolute Gasteiger partial charge is 0.337 e. The standard InChI is InChI=1S/C16H16ClN3O3/c17-14-5-3-12(4-6-14)15(8-20-11-18-10-19-20)23-16(21)13-2-1-7-22-9-13/h3-6,9-11,15H,1-2,7-8H2/t15-/m1/s1. The van der Waals surface area contributed by atoms with E-state index in [4.69, 9.17) is 21.1 Å². The third kappa shape index (κ3) is 4.10. The van der Waals surface area contributed by atoms with Crippen molar-refractivity contribution in [3.8, 4) is 0 Å². The summed E-state index contributed by atoms with van der Waals surface area (Å²) in [5.41, 5.74) is 1.39. The van der Waals surface area contributed by atoms with Gasteiger partial charge < -0.3 is 9.47 Å². The topological polar surface area (TPSA) is 66.2 Å². The van der Waals surface area contributed by atoms with Gasteiger partial charge in [-0.15, -0.1) is 0 Å². The van der Waals surface area contributed by atoms with Gasteiger partial charge in [-0.3, -0.25) is 0 Å². The molecule has 0 unspecified atom stereocenters. The SMILES string of the molecule is O=C(O[C@H](Cn1cncn1)c1ccc(Cl)cc1)C1=COCCC1. The fraction of sp³-hybridized carbons (Fsp3) is 0.312. The molecule has 7 heteroatoms. The molecule has 2 heterocycles. The van der Waals surface area contributed by atoms with Gasteiger partial charge in [0.1, 0.15) is 18.8 Å². The fourth-order valence-corrected chi connectivity index (χ4v) is 2.43. The number of carbonyl (C=O) groups excluding carboxylic acids is 1. The van der Waals surface area contributed by atoms with Crippen LogP contribution in [0.2, 0.25) is 5.02 Å². The quantitative estimate of drug-likeness (QED) is 0.787. The van der Waals surface area contributed by atoms with Crippen LogP contribution in [0.1, 0.15) is 24.5 Å². The Balaban J connectivity index is 1.78. The van der Waals surface area contributed by atoms with E-state index in [0.29, 0.717) is 30.2 Å². The van der Waals surface area contributed by atoms with E-state index in [1.54, 1.807) is 23.1 Å². The third-order valence-electron chi connectivity index (χ3n) is 3.51. The molecule has 1 aromatic heterocycles. The number of nitrogens with zero attached hydrogens (tertiary/aromatic N) is 3. The van der Waals surface area contributed by atoms with Crippen molar-refractivity contribution >= 4 is 17.6 Å². The monoisotopic (exact) mass is 333 g/mol. The van der Waals surface area contributed by atoms with Crippen LogP contribution in [-0.2, 0) is 20.8 Å². The summed E-state index contributed by atoms with van der Waals surface area (Å²) >= 11 is 5.93. The highest BCUT2D eigenvalue weighted by Crippen LogP contribution is 2.24. The normalized spacial score (nSPS) is 15.4. The van der Waals surface area contributed by atoms with Crippen LogP contribution in [0.25, 0.3) is 0 Å². The molecule has 0 radical (unpaired) electrons. The fourth-order valence-electron chi connectivity index (χ4n) is 2.30. The van der Waals surface area contributed by atoms with Crippen molar-refractivity contribution in [2.75, 3.05) is 6.61 Å². The van der Waals surface area contributed by atoms with Crippen molar-refractivity contribution in [1.29, 1.82) is 0 Å². The summed E-state index contributed by atoms with van der Waals surface area (Å²) in [6.07, 6.45) is 5.51. The van der Waals surface area contributed by atoms with E-state index in [2.05, 4.69) is 10.1 Å². The van der Waals surface area contributed by atoms with Crippen LogP contribution in [0.4, 0.5) is 0 Å². The van der Waals surface area contributed by atoms with Gasteiger partial charge >= 0.3 is 5.97 Å². The summed E-state index contributed by atoms with van der Waals surface area (Å²) in [4.78, 5) is 16.2. The molecule has 6 nitrogen and oxygen atoms in total. The molecule has 2 aromatic rings. The van der Waals surface area contributed by atoms with Gasteiger partial charge in [-0.2, -0.15) is 5.10 Å². The third-order valence-corrected chi connectivity index (χ3v) is 3.76. The first kappa shape index (κ1) is 15.6. The molecule has 0 N–H and O–H groups in total. The lowest BCUT2D eigenvalue weighted by molar-refractivity contribution is -0.146. The van der Waals surface area contributed by atoms with Crippen LogP contribution >= 0.6 is 11.6 Å². The van der Waals surface area contributed by atoms with Crippen LogP contribution in [0, 0.1) is 0 Å². The van der Waals surface area contributed by atoms with Crippen LogP contribution in [-0.4, -0.2) is 27.3 Å². The molecule has 1 aliphatic rings. The second-order valence-electron chi connectivity index (χ2n) is 5.18. The van der Waals surface area contributed by atoms with E-state index >= 15 is 0 Å². The van der Waals surface area contributed by atoms with Crippen molar-refractivity contribution < 1.29 is 14.3 Å². The molecule has 0 amide bonds. The van der Waals surface area contributed by atoms with E-state index in [1.807, 2.05) is 12.1 Å². The maximum Gasteiger partial charge on any atom is 0.337 e. The molecule has 0 saturated heterocycles. The Labute approximate surface area is 138 Å². The van der Waals surface area contributed by atoms with Crippen molar-refractivity contribution in [3.63, 3.8) is 0 Å².